The van der Waals surface area contributed by atoms with E-state index in [0.717, 1.165) is 0 Å². The number of carbonyl (C=O) groups is 1. The highest BCUT2D eigenvalue weighted by atomic mass is 16.1. The van der Waals surface area contributed by atoms with Gasteiger partial charge in [-0.05, 0) is 6.92 Å². The van der Waals surface area contributed by atoms with E-state index in [1.807, 2.05) is 0 Å². The van der Waals surface area contributed by atoms with Crippen LogP contribution in [0.2, 0.25) is 0 Å². The fourth-order valence-electron chi connectivity index (χ4n) is 0.346. The predicted octanol–water partition coefficient (Wildman–Crippen LogP) is -0.134. The Morgan fingerprint density at radius 1 is 1.75 bits per heavy atom. The molecule has 1 heterocycles. The molecular formula is C5H4N2O. The van der Waals surface area contributed by atoms with Gasteiger partial charge >= 0.3 is 0 Å². The second-order valence-corrected chi connectivity index (χ2v) is 1.41. The smallest absolute Gasteiger partial charge is 0.266 e. The zero-order valence-electron chi connectivity index (χ0n) is 4.38. The molecular weight excluding hydrogens is 104 g/mol. The zero-order valence-corrected chi connectivity index (χ0v) is 4.38. The van der Waals surface area contributed by atoms with Crippen LogP contribution in [0.25, 0.3) is 0 Å². The molecule has 8 heavy (non-hydrogen) atoms. The average molecular weight is 108 g/mol. The van der Waals surface area contributed by atoms with Crippen molar-refractivity contribution < 1.29 is 4.79 Å². The van der Waals surface area contributed by atoms with Crippen LogP contribution >= 0.6 is 0 Å². The minimum atomic E-state index is -0.337. The highest BCUT2D eigenvalue weighted by Gasteiger charge is 2.00. The number of carbonyl (C=O) groups excluding carboxylic acids is 1. The highest BCUT2D eigenvalue weighted by Crippen LogP contribution is 1.93. The lowest BCUT2D eigenvalue weighted by Gasteiger charge is -1.94. The van der Waals surface area contributed by atoms with Crippen molar-refractivity contribution in [2.45, 2.75) is 6.92 Å². The first-order valence-electron chi connectivity index (χ1n) is 2.17. The summed E-state index contributed by atoms with van der Waals surface area (Å²) in [6, 6.07) is 0. The average Bonchev–Trinajstić information content (AvgIpc) is 1.77. The molecule has 0 unspecified atom stereocenters. The molecule has 0 aliphatic carbocycles. The van der Waals surface area contributed by atoms with Crippen molar-refractivity contribution in [2.24, 2.45) is 4.99 Å². The molecule has 1 rings (SSSR count). The van der Waals surface area contributed by atoms with E-state index in [1.54, 1.807) is 6.92 Å². The van der Waals surface area contributed by atoms with Gasteiger partial charge in [-0.1, -0.05) is 0 Å². The van der Waals surface area contributed by atoms with Crippen LogP contribution in [-0.4, -0.2) is 12.1 Å². The first kappa shape index (κ1) is 5.03. The SMILES string of the molecule is CC1=[C][N]C(=O)C=N1. The normalized spacial score (nSPS) is 17.6. The van der Waals surface area contributed by atoms with Crippen LogP contribution < -0.4 is 5.32 Å². The molecule has 1 aliphatic heterocycles. The van der Waals surface area contributed by atoms with Crippen LogP contribution in [0, 0.1) is 6.20 Å². The van der Waals surface area contributed by atoms with Gasteiger partial charge in [0.05, 0.1) is 11.9 Å². The van der Waals surface area contributed by atoms with E-state index in [4.69, 9.17) is 0 Å². The Labute approximate surface area is 47.1 Å². The molecule has 0 saturated heterocycles. The summed E-state index contributed by atoms with van der Waals surface area (Å²) in [5, 5.41) is 3.34. The maximum absolute atomic E-state index is 10.2. The largest absolute Gasteiger partial charge is 0.288 e. The maximum atomic E-state index is 10.2. The third-order valence-corrected chi connectivity index (χ3v) is 0.697. The molecule has 40 valence electrons. The van der Waals surface area contributed by atoms with Crippen molar-refractivity contribution in [2.75, 3.05) is 0 Å². The lowest BCUT2D eigenvalue weighted by molar-refractivity contribution is -0.114. The topological polar surface area (TPSA) is 43.5 Å². The van der Waals surface area contributed by atoms with Crippen molar-refractivity contribution in [3.05, 3.63) is 11.9 Å². The van der Waals surface area contributed by atoms with Crippen LogP contribution in [0.5, 0.6) is 0 Å². The van der Waals surface area contributed by atoms with Gasteiger partial charge in [0.1, 0.15) is 6.20 Å². The molecule has 0 aromatic carbocycles. The van der Waals surface area contributed by atoms with E-state index in [9.17, 15) is 4.79 Å². The third-order valence-electron chi connectivity index (χ3n) is 0.697. The summed E-state index contributed by atoms with van der Waals surface area (Å²) in [5.74, 6) is -0.337. The molecule has 3 nitrogen and oxygen atoms in total. The van der Waals surface area contributed by atoms with Crippen molar-refractivity contribution in [3.63, 3.8) is 0 Å². The molecule has 1 aliphatic rings. The minimum absolute atomic E-state index is 0.337. The van der Waals surface area contributed by atoms with E-state index in [2.05, 4.69) is 16.5 Å². The summed E-state index contributed by atoms with van der Waals surface area (Å²) in [6.45, 7) is 1.73. The first-order chi connectivity index (χ1) is 3.79. The van der Waals surface area contributed by atoms with Gasteiger partial charge in [-0.25, -0.2) is 5.32 Å². The summed E-state index contributed by atoms with van der Waals surface area (Å²) in [6.07, 6.45) is 3.60. The lowest BCUT2D eigenvalue weighted by atomic mass is 10.5. The van der Waals surface area contributed by atoms with Crippen molar-refractivity contribution >= 4 is 12.1 Å². The fraction of sp³-hybridized carbons (Fsp3) is 0.200. The minimum Gasteiger partial charge on any atom is -0.266 e. The monoisotopic (exact) mass is 108 g/mol. The third kappa shape index (κ3) is 0.932. The molecule has 0 bridgehead atoms. The lowest BCUT2D eigenvalue weighted by Crippen LogP contribution is -2.14. The predicted molar refractivity (Wildman–Crippen MR) is 28.1 cm³/mol. The summed E-state index contributed by atoms with van der Waals surface area (Å²) in [5.41, 5.74) is 0.643. The number of amides is 1. The summed E-state index contributed by atoms with van der Waals surface area (Å²) < 4.78 is 0. The molecule has 0 fully saturated rings. The Morgan fingerprint density at radius 3 is 2.88 bits per heavy atom. The number of rotatable bonds is 0. The fourth-order valence-corrected chi connectivity index (χ4v) is 0.346. The number of hydrogen-bond acceptors (Lipinski definition) is 2. The van der Waals surface area contributed by atoms with E-state index in [0.29, 0.717) is 5.70 Å². The molecule has 2 radical (unpaired) electrons. The van der Waals surface area contributed by atoms with Crippen LogP contribution in [0.1, 0.15) is 6.92 Å². The molecule has 0 saturated carbocycles. The van der Waals surface area contributed by atoms with E-state index in [-0.39, 0.29) is 5.91 Å². The van der Waals surface area contributed by atoms with Gasteiger partial charge in [0.2, 0.25) is 0 Å². The molecule has 0 spiro atoms. The van der Waals surface area contributed by atoms with Crippen molar-refractivity contribution in [1.29, 1.82) is 0 Å². The van der Waals surface area contributed by atoms with Gasteiger partial charge in [0.25, 0.3) is 5.91 Å². The summed E-state index contributed by atoms with van der Waals surface area (Å²) >= 11 is 0. The quantitative estimate of drug-likeness (QED) is 0.426. The van der Waals surface area contributed by atoms with Crippen LogP contribution in [0.15, 0.2) is 10.7 Å². The van der Waals surface area contributed by atoms with Gasteiger partial charge in [-0.3, -0.25) is 9.79 Å². The second-order valence-electron chi connectivity index (χ2n) is 1.41. The van der Waals surface area contributed by atoms with E-state index >= 15 is 0 Å². The van der Waals surface area contributed by atoms with Gasteiger partial charge < -0.3 is 0 Å². The standard InChI is InChI=1S/C5H4N2O/c1-4-2-7-5(8)3-6-4/h3H,1H3. The molecule has 0 aromatic rings. The van der Waals surface area contributed by atoms with Crippen LogP contribution in [0.3, 0.4) is 0 Å². The number of hydrogen-bond donors (Lipinski definition) is 0. The maximum Gasteiger partial charge on any atom is 0.288 e. The molecule has 0 N–H and O–H groups in total. The Bertz CT molecular complexity index is 167. The summed E-state index contributed by atoms with van der Waals surface area (Å²) in [7, 11) is 0. The number of aliphatic imine (C=N–C) groups is 1. The summed E-state index contributed by atoms with van der Waals surface area (Å²) in [4.78, 5) is 13.9. The molecule has 0 atom stereocenters. The van der Waals surface area contributed by atoms with Crippen molar-refractivity contribution in [3.8, 4) is 0 Å². The second kappa shape index (κ2) is 1.78. The zero-order chi connectivity index (χ0) is 5.98. The van der Waals surface area contributed by atoms with Crippen LogP contribution in [-0.2, 0) is 4.79 Å². The molecule has 1 amide bonds. The number of allylic oxidation sites excluding steroid dienone is 1. The Morgan fingerprint density at radius 2 is 2.50 bits per heavy atom. The Hall–Kier alpha value is -1.12. The Balaban J connectivity index is 2.71. The van der Waals surface area contributed by atoms with Crippen LogP contribution in [0.4, 0.5) is 0 Å². The van der Waals surface area contributed by atoms with Gasteiger partial charge in [0, 0.05) is 0 Å². The Kier molecular flexibility index (Phi) is 1.12. The van der Waals surface area contributed by atoms with Crippen molar-refractivity contribution in [1.82, 2.24) is 5.32 Å². The van der Waals surface area contributed by atoms with Gasteiger partial charge in [-0.2, -0.15) is 0 Å². The van der Waals surface area contributed by atoms with E-state index < -0.39 is 0 Å². The molecule has 3 heteroatoms. The van der Waals surface area contributed by atoms with Gasteiger partial charge in [-0.15, -0.1) is 0 Å². The number of nitrogens with zero attached hydrogens (tertiary/aromatic N) is 2. The first-order valence-corrected chi connectivity index (χ1v) is 2.17. The molecule has 0 aromatic heterocycles. The van der Waals surface area contributed by atoms with Gasteiger partial charge in [0.15, 0.2) is 0 Å². The van der Waals surface area contributed by atoms with E-state index in [1.165, 1.54) is 6.21 Å². The highest BCUT2D eigenvalue weighted by molar-refractivity contribution is 6.26.